The molecule has 130 valence electrons. The maximum atomic E-state index is 5.86. The predicted molar refractivity (Wildman–Crippen MR) is 96.3 cm³/mol. The third kappa shape index (κ3) is 2.21. The maximum Gasteiger partial charge on any atom is 0.0524 e. The number of hydrogen-bond donors (Lipinski definition) is 0. The second-order valence-corrected chi connectivity index (χ2v) is 9.37. The molecule has 5 unspecified atom stereocenters. The maximum absolute atomic E-state index is 5.86. The lowest BCUT2D eigenvalue weighted by Crippen LogP contribution is -2.55. The second kappa shape index (κ2) is 5.90. The summed E-state index contributed by atoms with van der Waals surface area (Å²) in [4.78, 5) is 0. The smallest absolute Gasteiger partial charge is 0.0524 e. The molecule has 0 aromatic heterocycles. The van der Waals surface area contributed by atoms with Crippen LogP contribution < -0.4 is 0 Å². The zero-order valence-electron chi connectivity index (χ0n) is 15.6. The Bertz CT molecular complexity index is 476. The van der Waals surface area contributed by atoms with Gasteiger partial charge in [-0.3, -0.25) is 0 Å². The lowest BCUT2D eigenvalue weighted by Gasteiger charge is -2.61. The van der Waals surface area contributed by atoms with E-state index in [1.807, 2.05) is 7.11 Å². The molecule has 0 saturated heterocycles. The van der Waals surface area contributed by atoms with Crippen LogP contribution in [-0.2, 0) is 4.74 Å². The fourth-order valence-corrected chi connectivity index (χ4v) is 7.94. The Labute approximate surface area is 143 Å². The predicted octanol–water partition coefficient (Wildman–Crippen LogP) is 5.99. The molecule has 0 aromatic carbocycles. The SMILES string of the molecule is C/C=C1/CCC2C3CCC4CCCCC4(COC)C3CC[C@]12C. The van der Waals surface area contributed by atoms with E-state index in [0.29, 0.717) is 10.8 Å². The Morgan fingerprint density at radius 3 is 2.70 bits per heavy atom. The van der Waals surface area contributed by atoms with Gasteiger partial charge in [0.05, 0.1) is 6.61 Å². The van der Waals surface area contributed by atoms with E-state index >= 15 is 0 Å². The zero-order valence-corrected chi connectivity index (χ0v) is 15.6. The number of fused-ring (bicyclic) bond motifs is 5. The van der Waals surface area contributed by atoms with Crippen molar-refractivity contribution in [2.75, 3.05) is 13.7 Å². The molecule has 4 aliphatic rings. The first-order chi connectivity index (χ1) is 11.2. The van der Waals surface area contributed by atoms with Crippen molar-refractivity contribution < 1.29 is 4.74 Å². The van der Waals surface area contributed by atoms with E-state index in [9.17, 15) is 0 Å². The summed E-state index contributed by atoms with van der Waals surface area (Å²) in [6, 6.07) is 0. The van der Waals surface area contributed by atoms with E-state index in [-0.39, 0.29) is 0 Å². The standard InChI is InChI=1S/C22H36O/c1-4-16-9-11-19-18-10-8-17-7-5-6-13-22(17,15-23-3)20(18)12-14-21(16,19)2/h4,17-20H,5-15H2,1-3H3/b16-4-/t17?,18?,19?,20?,21-,22?/m1/s1. The van der Waals surface area contributed by atoms with Crippen LogP contribution in [0.3, 0.4) is 0 Å². The molecule has 4 rings (SSSR count). The molecular weight excluding hydrogens is 280 g/mol. The van der Waals surface area contributed by atoms with Crippen LogP contribution in [0.4, 0.5) is 0 Å². The average molecular weight is 317 g/mol. The molecule has 0 bridgehead atoms. The van der Waals surface area contributed by atoms with E-state index in [1.54, 1.807) is 5.57 Å². The van der Waals surface area contributed by atoms with Gasteiger partial charge in [0.15, 0.2) is 0 Å². The number of methoxy groups -OCH3 is 1. The summed E-state index contributed by atoms with van der Waals surface area (Å²) in [5, 5.41) is 0. The molecule has 1 heteroatoms. The van der Waals surface area contributed by atoms with E-state index in [1.165, 1.54) is 64.2 Å². The normalized spacial score (nSPS) is 51.2. The Kier molecular flexibility index (Phi) is 4.15. The van der Waals surface area contributed by atoms with E-state index < -0.39 is 0 Å². The van der Waals surface area contributed by atoms with Gasteiger partial charge >= 0.3 is 0 Å². The highest BCUT2D eigenvalue weighted by Crippen LogP contribution is 2.67. The van der Waals surface area contributed by atoms with Gasteiger partial charge in [0.1, 0.15) is 0 Å². The Balaban J connectivity index is 1.67. The third-order valence-corrected chi connectivity index (χ3v) is 8.89. The summed E-state index contributed by atoms with van der Waals surface area (Å²) in [6.45, 7) is 5.92. The Morgan fingerprint density at radius 2 is 1.91 bits per heavy atom. The first kappa shape index (κ1) is 16.2. The number of ether oxygens (including phenoxy) is 1. The van der Waals surface area contributed by atoms with Gasteiger partial charge in [-0.25, -0.2) is 0 Å². The first-order valence-corrected chi connectivity index (χ1v) is 10.3. The summed E-state index contributed by atoms with van der Waals surface area (Å²) >= 11 is 0. The van der Waals surface area contributed by atoms with Gasteiger partial charge in [-0.1, -0.05) is 31.4 Å². The van der Waals surface area contributed by atoms with E-state index in [0.717, 1.165) is 30.3 Å². The molecule has 0 N–H and O–H groups in total. The van der Waals surface area contributed by atoms with Crippen molar-refractivity contribution in [3.05, 3.63) is 11.6 Å². The van der Waals surface area contributed by atoms with Gasteiger partial charge in [0.25, 0.3) is 0 Å². The van der Waals surface area contributed by atoms with E-state index in [4.69, 9.17) is 4.74 Å². The fourth-order valence-electron chi connectivity index (χ4n) is 7.94. The van der Waals surface area contributed by atoms with Crippen LogP contribution in [0.25, 0.3) is 0 Å². The second-order valence-electron chi connectivity index (χ2n) is 9.37. The molecule has 0 aromatic rings. The Hall–Kier alpha value is -0.300. The van der Waals surface area contributed by atoms with Gasteiger partial charge in [-0.2, -0.15) is 0 Å². The van der Waals surface area contributed by atoms with Crippen molar-refractivity contribution in [3.8, 4) is 0 Å². The van der Waals surface area contributed by atoms with Crippen LogP contribution in [0.15, 0.2) is 11.6 Å². The number of rotatable bonds is 2. The summed E-state index contributed by atoms with van der Waals surface area (Å²) in [5.74, 6) is 3.86. The Morgan fingerprint density at radius 1 is 1.04 bits per heavy atom. The monoisotopic (exact) mass is 316 g/mol. The molecule has 6 atom stereocenters. The van der Waals surface area contributed by atoms with Gasteiger partial charge in [0.2, 0.25) is 0 Å². The lowest BCUT2D eigenvalue weighted by molar-refractivity contribution is -0.136. The van der Waals surface area contributed by atoms with Crippen molar-refractivity contribution in [2.45, 2.75) is 78.1 Å². The topological polar surface area (TPSA) is 9.23 Å². The minimum atomic E-state index is 0.533. The number of allylic oxidation sites excluding steroid dienone is 2. The van der Waals surface area contributed by atoms with Gasteiger partial charge in [-0.05, 0) is 92.8 Å². The highest BCUT2D eigenvalue weighted by atomic mass is 16.5. The van der Waals surface area contributed by atoms with Gasteiger partial charge in [0, 0.05) is 7.11 Å². The quantitative estimate of drug-likeness (QED) is 0.568. The molecule has 4 fully saturated rings. The van der Waals surface area contributed by atoms with Crippen LogP contribution in [0.1, 0.15) is 78.1 Å². The van der Waals surface area contributed by atoms with E-state index in [2.05, 4.69) is 19.9 Å². The molecule has 0 amide bonds. The van der Waals surface area contributed by atoms with Gasteiger partial charge < -0.3 is 4.74 Å². The molecule has 1 nitrogen and oxygen atoms in total. The summed E-state index contributed by atoms with van der Waals surface area (Å²) < 4.78 is 5.86. The van der Waals surface area contributed by atoms with Crippen molar-refractivity contribution in [1.29, 1.82) is 0 Å². The molecular formula is C22H36O. The van der Waals surface area contributed by atoms with Crippen molar-refractivity contribution in [3.63, 3.8) is 0 Å². The first-order valence-electron chi connectivity index (χ1n) is 10.3. The highest BCUT2D eigenvalue weighted by Gasteiger charge is 2.59. The van der Waals surface area contributed by atoms with Crippen molar-refractivity contribution >= 4 is 0 Å². The highest BCUT2D eigenvalue weighted by molar-refractivity contribution is 5.23. The van der Waals surface area contributed by atoms with Gasteiger partial charge in [-0.15, -0.1) is 0 Å². The van der Waals surface area contributed by atoms with Crippen LogP contribution in [0.5, 0.6) is 0 Å². The van der Waals surface area contributed by atoms with Crippen LogP contribution in [-0.4, -0.2) is 13.7 Å². The summed E-state index contributed by atoms with van der Waals surface area (Å²) in [6.07, 6.45) is 17.1. The molecule has 0 aliphatic heterocycles. The minimum absolute atomic E-state index is 0.533. The number of hydrogen-bond acceptors (Lipinski definition) is 1. The summed E-state index contributed by atoms with van der Waals surface area (Å²) in [7, 11) is 1.95. The van der Waals surface area contributed by atoms with Crippen molar-refractivity contribution in [1.82, 2.24) is 0 Å². The molecule has 23 heavy (non-hydrogen) atoms. The van der Waals surface area contributed by atoms with Crippen molar-refractivity contribution in [2.24, 2.45) is 34.5 Å². The molecule has 4 aliphatic carbocycles. The van der Waals surface area contributed by atoms with Crippen LogP contribution in [0.2, 0.25) is 0 Å². The molecule has 0 heterocycles. The third-order valence-electron chi connectivity index (χ3n) is 8.89. The summed E-state index contributed by atoms with van der Waals surface area (Å²) in [5.41, 5.74) is 2.86. The van der Waals surface area contributed by atoms with Crippen LogP contribution >= 0.6 is 0 Å². The minimum Gasteiger partial charge on any atom is -0.384 e. The lowest BCUT2D eigenvalue weighted by atomic mass is 9.45. The largest absolute Gasteiger partial charge is 0.384 e. The zero-order chi connectivity index (χ0) is 16.1. The molecule has 0 spiro atoms. The molecule has 0 radical (unpaired) electrons. The average Bonchev–Trinajstić information content (AvgIpc) is 2.91. The van der Waals surface area contributed by atoms with Crippen LogP contribution in [0, 0.1) is 34.5 Å². The molecule has 4 saturated carbocycles. The fraction of sp³-hybridized carbons (Fsp3) is 0.909.